The van der Waals surface area contributed by atoms with Crippen LogP contribution in [-0.2, 0) is 5.41 Å². The molecular formula is C18H26FN. The third-order valence-electron chi connectivity index (χ3n) is 5.68. The van der Waals surface area contributed by atoms with Crippen molar-refractivity contribution in [1.82, 2.24) is 5.32 Å². The average Bonchev–Trinajstić information content (AvgIpc) is 3.24. The van der Waals surface area contributed by atoms with Crippen LogP contribution in [0.25, 0.3) is 0 Å². The lowest BCUT2D eigenvalue weighted by atomic mass is 9.48. The van der Waals surface area contributed by atoms with Gasteiger partial charge in [0, 0.05) is 18.0 Å². The maximum absolute atomic E-state index is 14.3. The molecule has 20 heavy (non-hydrogen) atoms. The fraction of sp³-hybridized carbons (Fsp3) is 0.667. The maximum atomic E-state index is 14.3. The smallest absolute Gasteiger partial charge is 0.127 e. The standard InChI is InChI=1S/C18H26FN/c1-3-17(4-2)11-18(12-17,13-20-14-9-10-14)15-7-5-6-8-16(15)19/h5-8,14,20H,3-4,9-13H2,1-2H3. The van der Waals surface area contributed by atoms with Crippen molar-refractivity contribution in [3.05, 3.63) is 35.6 Å². The van der Waals surface area contributed by atoms with Crippen molar-refractivity contribution in [1.29, 1.82) is 0 Å². The first-order chi connectivity index (χ1) is 9.63. The molecule has 2 aliphatic carbocycles. The zero-order chi connectivity index (χ0) is 14.2. The molecule has 1 aromatic rings. The van der Waals surface area contributed by atoms with Gasteiger partial charge in [-0.3, -0.25) is 0 Å². The summed E-state index contributed by atoms with van der Waals surface area (Å²) in [5.41, 5.74) is 1.40. The van der Waals surface area contributed by atoms with Crippen LogP contribution in [0.4, 0.5) is 4.39 Å². The summed E-state index contributed by atoms with van der Waals surface area (Å²) in [5.74, 6) is -0.0223. The van der Waals surface area contributed by atoms with Gasteiger partial charge in [-0.15, -0.1) is 0 Å². The van der Waals surface area contributed by atoms with Crippen molar-refractivity contribution in [3.8, 4) is 0 Å². The van der Waals surface area contributed by atoms with E-state index in [2.05, 4.69) is 19.2 Å². The fourth-order valence-electron chi connectivity index (χ4n) is 4.06. The van der Waals surface area contributed by atoms with Crippen LogP contribution < -0.4 is 5.32 Å². The van der Waals surface area contributed by atoms with E-state index in [9.17, 15) is 4.39 Å². The summed E-state index contributed by atoms with van der Waals surface area (Å²) in [4.78, 5) is 0. The summed E-state index contributed by atoms with van der Waals surface area (Å²) in [6.45, 7) is 5.51. The minimum atomic E-state index is -0.0223. The summed E-state index contributed by atoms with van der Waals surface area (Å²) >= 11 is 0. The van der Waals surface area contributed by atoms with E-state index in [1.165, 1.54) is 25.7 Å². The number of nitrogens with one attached hydrogen (secondary N) is 1. The highest BCUT2D eigenvalue weighted by Gasteiger charge is 2.54. The number of hydrogen-bond acceptors (Lipinski definition) is 1. The van der Waals surface area contributed by atoms with Gasteiger partial charge < -0.3 is 5.32 Å². The van der Waals surface area contributed by atoms with E-state index in [-0.39, 0.29) is 11.2 Å². The third-order valence-corrected chi connectivity index (χ3v) is 5.68. The highest BCUT2D eigenvalue weighted by atomic mass is 19.1. The Morgan fingerprint density at radius 3 is 2.35 bits per heavy atom. The van der Waals surface area contributed by atoms with Crippen LogP contribution in [0, 0.1) is 11.2 Å². The van der Waals surface area contributed by atoms with E-state index >= 15 is 0 Å². The molecule has 1 nitrogen and oxygen atoms in total. The molecule has 3 rings (SSSR count). The minimum Gasteiger partial charge on any atom is -0.313 e. The average molecular weight is 275 g/mol. The second kappa shape index (κ2) is 5.14. The molecule has 0 spiro atoms. The van der Waals surface area contributed by atoms with E-state index in [1.807, 2.05) is 12.1 Å². The van der Waals surface area contributed by atoms with Gasteiger partial charge >= 0.3 is 0 Å². The first kappa shape index (κ1) is 14.1. The molecular weight excluding hydrogens is 249 g/mol. The predicted molar refractivity (Wildman–Crippen MR) is 81.4 cm³/mol. The lowest BCUT2D eigenvalue weighted by molar-refractivity contribution is 0.0106. The number of rotatable bonds is 6. The Labute approximate surface area is 122 Å². The summed E-state index contributed by atoms with van der Waals surface area (Å²) in [6.07, 6.45) is 7.27. The molecule has 0 bridgehead atoms. The summed E-state index contributed by atoms with van der Waals surface area (Å²) in [5, 5.41) is 3.64. The molecule has 2 heteroatoms. The second-order valence-corrected chi connectivity index (χ2v) is 6.98. The Bertz CT molecular complexity index is 466. The Hall–Kier alpha value is -0.890. The SMILES string of the molecule is CCC1(CC)CC(CNC2CC2)(c2ccccc2F)C1. The highest BCUT2D eigenvalue weighted by molar-refractivity contribution is 5.33. The molecule has 0 heterocycles. The summed E-state index contributed by atoms with van der Waals surface area (Å²) < 4.78 is 14.3. The highest BCUT2D eigenvalue weighted by Crippen LogP contribution is 2.59. The Kier molecular flexibility index (Phi) is 3.62. The molecule has 0 radical (unpaired) electrons. The molecule has 0 aliphatic heterocycles. The second-order valence-electron chi connectivity index (χ2n) is 6.98. The molecule has 1 aromatic carbocycles. The van der Waals surface area contributed by atoms with Crippen molar-refractivity contribution in [2.24, 2.45) is 5.41 Å². The Morgan fingerprint density at radius 2 is 1.80 bits per heavy atom. The fourth-order valence-corrected chi connectivity index (χ4v) is 4.06. The van der Waals surface area contributed by atoms with Gasteiger partial charge in [0.05, 0.1) is 0 Å². The number of hydrogen-bond donors (Lipinski definition) is 1. The van der Waals surface area contributed by atoms with Crippen molar-refractivity contribution < 1.29 is 4.39 Å². The third kappa shape index (κ3) is 2.39. The molecule has 110 valence electrons. The van der Waals surface area contributed by atoms with Crippen LogP contribution >= 0.6 is 0 Å². The van der Waals surface area contributed by atoms with Crippen LogP contribution in [0.5, 0.6) is 0 Å². The van der Waals surface area contributed by atoms with Crippen LogP contribution in [0.3, 0.4) is 0 Å². The largest absolute Gasteiger partial charge is 0.313 e. The molecule has 0 aromatic heterocycles. The molecule has 2 fully saturated rings. The van der Waals surface area contributed by atoms with Gasteiger partial charge in [-0.2, -0.15) is 0 Å². The van der Waals surface area contributed by atoms with Gasteiger partial charge in [0.25, 0.3) is 0 Å². The first-order valence-corrected chi connectivity index (χ1v) is 8.11. The van der Waals surface area contributed by atoms with Crippen molar-refractivity contribution >= 4 is 0 Å². The molecule has 2 aliphatic rings. The minimum absolute atomic E-state index is 0.0223. The van der Waals surface area contributed by atoms with Gasteiger partial charge in [-0.05, 0) is 42.7 Å². The quantitative estimate of drug-likeness (QED) is 0.810. The monoisotopic (exact) mass is 275 g/mol. The topological polar surface area (TPSA) is 12.0 Å². The van der Waals surface area contributed by atoms with Crippen molar-refractivity contribution in [3.63, 3.8) is 0 Å². The predicted octanol–water partition coefficient (Wildman–Crippen LogP) is 4.42. The van der Waals surface area contributed by atoms with Crippen LogP contribution in [0.15, 0.2) is 24.3 Å². The molecule has 0 amide bonds. The van der Waals surface area contributed by atoms with E-state index in [4.69, 9.17) is 0 Å². The van der Waals surface area contributed by atoms with Crippen molar-refractivity contribution in [2.45, 2.75) is 63.8 Å². The Balaban J connectivity index is 1.83. The summed E-state index contributed by atoms with van der Waals surface area (Å²) in [7, 11) is 0. The molecule has 2 saturated carbocycles. The maximum Gasteiger partial charge on any atom is 0.127 e. The van der Waals surface area contributed by atoms with Crippen LogP contribution in [0.1, 0.15) is 57.9 Å². The van der Waals surface area contributed by atoms with Gasteiger partial charge in [-0.25, -0.2) is 4.39 Å². The van der Waals surface area contributed by atoms with E-state index in [0.29, 0.717) is 11.5 Å². The van der Waals surface area contributed by atoms with Crippen LogP contribution in [-0.4, -0.2) is 12.6 Å². The molecule has 0 saturated heterocycles. The van der Waals surface area contributed by atoms with Gasteiger partial charge in [0.15, 0.2) is 0 Å². The normalized spacial score (nSPS) is 23.4. The van der Waals surface area contributed by atoms with Gasteiger partial charge in [-0.1, -0.05) is 44.9 Å². The Morgan fingerprint density at radius 1 is 1.15 bits per heavy atom. The molecule has 0 unspecified atom stereocenters. The number of halogens is 1. The van der Waals surface area contributed by atoms with E-state index in [1.54, 1.807) is 12.1 Å². The molecule has 0 atom stereocenters. The van der Waals surface area contributed by atoms with Gasteiger partial charge in [0.1, 0.15) is 5.82 Å². The zero-order valence-electron chi connectivity index (χ0n) is 12.7. The number of benzene rings is 1. The lowest BCUT2D eigenvalue weighted by Crippen LogP contribution is -2.55. The summed E-state index contributed by atoms with van der Waals surface area (Å²) in [6, 6.07) is 8.09. The lowest BCUT2D eigenvalue weighted by Gasteiger charge is -2.57. The zero-order valence-corrected chi connectivity index (χ0v) is 12.7. The molecule has 1 N–H and O–H groups in total. The van der Waals surface area contributed by atoms with E-state index < -0.39 is 0 Å². The van der Waals surface area contributed by atoms with Crippen molar-refractivity contribution in [2.75, 3.05) is 6.54 Å². The first-order valence-electron chi connectivity index (χ1n) is 8.11. The van der Waals surface area contributed by atoms with E-state index in [0.717, 1.165) is 24.9 Å². The van der Waals surface area contributed by atoms with Crippen LogP contribution in [0.2, 0.25) is 0 Å². The van der Waals surface area contributed by atoms with Gasteiger partial charge in [0.2, 0.25) is 0 Å².